The largest absolute Gasteiger partial charge is 0.326 e. The van der Waals surface area contributed by atoms with Gasteiger partial charge in [0.15, 0.2) is 0 Å². The summed E-state index contributed by atoms with van der Waals surface area (Å²) in [7, 11) is 0. The molecular formula is C46H33N3. The van der Waals surface area contributed by atoms with Gasteiger partial charge in [-0.15, -0.1) is 11.5 Å². The van der Waals surface area contributed by atoms with E-state index in [4.69, 9.17) is 0 Å². The summed E-state index contributed by atoms with van der Waals surface area (Å²) in [5.41, 5.74) is 24.0. The van der Waals surface area contributed by atoms with Gasteiger partial charge in [0.25, 0.3) is 0 Å². The average Bonchev–Trinajstić information content (AvgIpc) is 3.83. The van der Waals surface area contributed by atoms with Crippen molar-refractivity contribution in [2.75, 3.05) is 0 Å². The van der Waals surface area contributed by atoms with Crippen LogP contribution in [0.1, 0.15) is 48.1 Å². The number of nitrogens with zero attached hydrogens (tertiary/aromatic N) is 3. The first-order valence-corrected chi connectivity index (χ1v) is 17.1. The maximum absolute atomic E-state index is 4.32. The van der Waals surface area contributed by atoms with Crippen molar-refractivity contribution in [3.05, 3.63) is 162 Å². The number of hydrogen-bond acceptors (Lipinski definition) is 0. The monoisotopic (exact) mass is 627 g/mol. The Balaban J connectivity index is 1.24. The summed E-state index contributed by atoms with van der Waals surface area (Å²) in [6.07, 6.45) is 11.4. The van der Waals surface area contributed by atoms with Crippen molar-refractivity contribution in [2.24, 2.45) is 0 Å². The van der Waals surface area contributed by atoms with E-state index in [1.165, 1.54) is 77.3 Å². The third-order valence-electron chi connectivity index (χ3n) is 10.6. The molecule has 8 aromatic rings. The molecule has 0 fully saturated rings. The fraction of sp³-hybridized carbons (Fsp3) is 0.0870. The molecule has 10 rings (SSSR count). The molecule has 1 aliphatic heterocycles. The third kappa shape index (κ3) is 3.69. The van der Waals surface area contributed by atoms with E-state index in [1.807, 2.05) is 19.1 Å². The molecule has 1 aliphatic carbocycles. The minimum Gasteiger partial charge on any atom is -0.326 e. The van der Waals surface area contributed by atoms with E-state index in [-0.39, 0.29) is 6.04 Å². The van der Waals surface area contributed by atoms with E-state index in [0.717, 1.165) is 23.5 Å². The first kappa shape index (κ1) is 27.8. The topological polar surface area (TPSA) is 14.3 Å². The molecule has 1 atom stereocenters. The van der Waals surface area contributed by atoms with Gasteiger partial charge in [-0.2, -0.15) is 0 Å². The highest BCUT2D eigenvalue weighted by molar-refractivity contribution is 6.27. The fourth-order valence-corrected chi connectivity index (χ4v) is 8.50. The molecule has 1 unspecified atom stereocenters. The SMILES string of the molecule is C=Cc1c(CC)c2ccc3c4c5c6c(ccc5n3-c3ccc(-c5ccc(-c7ccccc7)cc5)cc3)C(C=C=CC)n6c3c(n1c24)C=C=C3. The number of allylic oxidation sites excluding steroid dienone is 1. The molecule has 3 heteroatoms. The molecule has 0 spiro atoms. The van der Waals surface area contributed by atoms with E-state index < -0.39 is 0 Å². The average molecular weight is 628 g/mol. The molecule has 4 heterocycles. The summed E-state index contributed by atoms with van der Waals surface area (Å²) in [6, 6.07) is 37.9. The molecule has 5 aromatic carbocycles. The third-order valence-corrected chi connectivity index (χ3v) is 10.6. The number of benzene rings is 5. The van der Waals surface area contributed by atoms with Crippen molar-refractivity contribution in [1.29, 1.82) is 0 Å². The smallest absolute Gasteiger partial charge is 0.0870 e. The summed E-state index contributed by atoms with van der Waals surface area (Å²) >= 11 is 0. The van der Waals surface area contributed by atoms with Crippen molar-refractivity contribution < 1.29 is 0 Å². The number of rotatable bonds is 6. The molecule has 2 aliphatic rings. The van der Waals surface area contributed by atoms with Gasteiger partial charge in [0.05, 0.1) is 39.5 Å². The lowest BCUT2D eigenvalue weighted by atomic mass is 9.92. The Kier molecular flexibility index (Phi) is 5.90. The van der Waals surface area contributed by atoms with Gasteiger partial charge in [0.1, 0.15) is 0 Å². The Morgan fingerprint density at radius 2 is 1.37 bits per heavy atom. The summed E-state index contributed by atoms with van der Waals surface area (Å²) in [6.45, 7) is 8.59. The molecule has 0 saturated heterocycles. The van der Waals surface area contributed by atoms with Gasteiger partial charge >= 0.3 is 0 Å². The van der Waals surface area contributed by atoms with Gasteiger partial charge in [-0.1, -0.05) is 92.4 Å². The van der Waals surface area contributed by atoms with E-state index >= 15 is 0 Å². The zero-order valence-corrected chi connectivity index (χ0v) is 27.5. The zero-order chi connectivity index (χ0) is 32.8. The van der Waals surface area contributed by atoms with E-state index in [2.05, 4.69) is 160 Å². The summed E-state index contributed by atoms with van der Waals surface area (Å²) in [5.74, 6) is 0. The summed E-state index contributed by atoms with van der Waals surface area (Å²) < 4.78 is 7.40. The van der Waals surface area contributed by atoms with Crippen molar-refractivity contribution in [3.8, 4) is 27.9 Å². The normalized spacial score (nSPS) is 14.1. The molecule has 0 N–H and O–H groups in total. The van der Waals surface area contributed by atoms with Gasteiger partial charge in [-0.05, 0) is 83.7 Å². The van der Waals surface area contributed by atoms with E-state index in [1.54, 1.807) is 0 Å². The molecule has 0 radical (unpaired) electrons. The van der Waals surface area contributed by atoms with Gasteiger partial charge in [0.2, 0.25) is 0 Å². The molecule has 232 valence electrons. The van der Waals surface area contributed by atoms with Crippen LogP contribution in [0.5, 0.6) is 0 Å². The van der Waals surface area contributed by atoms with Crippen LogP contribution >= 0.6 is 0 Å². The second-order valence-corrected chi connectivity index (χ2v) is 13.0. The molecular weight excluding hydrogens is 595 g/mol. The predicted molar refractivity (Wildman–Crippen MR) is 206 cm³/mol. The zero-order valence-electron chi connectivity index (χ0n) is 27.5. The lowest BCUT2D eigenvalue weighted by molar-refractivity contribution is 0.660. The Morgan fingerprint density at radius 3 is 2.04 bits per heavy atom. The second-order valence-electron chi connectivity index (χ2n) is 13.0. The van der Waals surface area contributed by atoms with Crippen molar-refractivity contribution in [2.45, 2.75) is 26.3 Å². The first-order chi connectivity index (χ1) is 24.2. The van der Waals surface area contributed by atoms with Crippen LogP contribution in [-0.2, 0) is 6.42 Å². The van der Waals surface area contributed by atoms with Crippen LogP contribution in [0.2, 0.25) is 0 Å². The minimum atomic E-state index is 0.102. The Bertz CT molecular complexity index is 2820. The van der Waals surface area contributed by atoms with Crippen molar-refractivity contribution in [3.63, 3.8) is 0 Å². The summed E-state index contributed by atoms with van der Waals surface area (Å²) in [5, 5.41) is 3.88. The van der Waals surface area contributed by atoms with Crippen LogP contribution in [0, 0.1) is 0 Å². The van der Waals surface area contributed by atoms with E-state index in [0.29, 0.717) is 0 Å². The molecule has 0 amide bonds. The maximum Gasteiger partial charge on any atom is 0.0870 e. The maximum atomic E-state index is 4.32. The van der Waals surface area contributed by atoms with Crippen LogP contribution in [0.3, 0.4) is 0 Å². The van der Waals surface area contributed by atoms with Gasteiger partial charge in [-0.25, -0.2) is 0 Å². The van der Waals surface area contributed by atoms with Gasteiger partial charge in [0, 0.05) is 45.3 Å². The van der Waals surface area contributed by atoms with Crippen molar-refractivity contribution >= 4 is 56.5 Å². The molecule has 0 saturated carbocycles. The molecule has 0 bridgehead atoms. The Hall–Kier alpha value is -6.24. The van der Waals surface area contributed by atoms with Crippen molar-refractivity contribution in [1.82, 2.24) is 13.5 Å². The predicted octanol–water partition coefficient (Wildman–Crippen LogP) is 11.8. The number of fused-ring (bicyclic) bond motifs is 3. The molecule has 3 aromatic heterocycles. The molecule has 3 nitrogen and oxygen atoms in total. The fourth-order valence-electron chi connectivity index (χ4n) is 8.50. The second kappa shape index (κ2) is 10.4. The van der Waals surface area contributed by atoms with Gasteiger partial charge < -0.3 is 13.5 Å². The minimum absolute atomic E-state index is 0.102. The van der Waals surface area contributed by atoms with Crippen LogP contribution in [0.15, 0.2) is 133 Å². The molecule has 49 heavy (non-hydrogen) atoms. The van der Waals surface area contributed by atoms with Crippen LogP contribution in [0.4, 0.5) is 0 Å². The number of aromatic nitrogens is 3. The lowest BCUT2D eigenvalue weighted by Gasteiger charge is -2.33. The Labute approximate surface area is 285 Å². The van der Waals surface area contributed by atoms with Crippen LogP contribution in [-0.4, -0.2) is 13.5 Å². The van der Waals surface area contributed by atoms with Gasteiger partial charge in [-0.3, -0.25) is 0 Å². The highest BCUT2D eigenvalue weighted by Gasteiger charge is 2.34. The van der Waals surface area contributed by atoms with Crippen LogP contribution in [0.25, 0.3) is 84.4 Å². The van der Waals surface area contributed by atoms with E-state index in [9.17, 15) is 0 Å². The van der Waals surface area contributed by atoms with Crippen LogP contribution < -0.4 is 0 Å². The number of hydrogen-bond donors (Lipinski definition) is 0. The first-order valence-electron chi connectivity index (χ1n) is 17.1. The highest BCUT2D eigenvalue weighted by atomic mass is 15.1. The Morgan fingerprint density at radius 1 is 0.735 bits per heavy atom. The number of aryl methyl sites for hydroxylation is 1. The quantitative estimate of drug-likeness (QED) is 0.163. The standard InChI is InChI=1S/C46H33N3/c1-4-7-14-38-36-26-28-42-44-43-41(47(42)33-23-21-32(22-24-33)31-19-17-30(18-20-31)29-12-9-8-10-13-29)27-25-35-34(5-2)37(6-3)48(45(35)43)39-15-11-16-40(39)49(38)46(36)44/h4,6,8-10,12-28,38H,3,5H2,1-2H3. The highest BCUT2D eigenvalue weighted by Crippen LogP contribution is 2.49. The summed E-state index contributed by atoms with van der Waals surface area (Å²) in [4.78, 5) is 0. The lowest BCUT2D eigenvalue weighted by Crippen LogP contribution is -2.23.